The predicted octanol–water partition coefficient (Wildman–Crippen LogP) is 4.40. The molecule has 0 aliphatic carbocycles. The van der Waals surface area contributed by atoms with Crippen LogP contribution in [0.5, 0.6) is 0 Å². The molecule has 0 spiro atoms. The maximum absolute atomic E-state index is 11.9. The van der Waals surface area contributed by atoms with Crippen molar-refractivity contribution in [1.82, 2.24) is 0 Å². The highest BCUT2D eigenvalue weighted by atomic mass is 79.9. The van der Waals surface area contributed by atoms with Crippen LogP contribution in [-0.4, -0.2) is 5.78 Å². The molecule has 0 amide bonds. The Morgan fingerprint density at radius 3 is 2.33 bits per heavy atom. The first kappa shape index (κ1) is 10.9. The van der Waals surface area contributed by atoms with E-state index >= 15 is 0 Å². The van der Waals surface area contributed by atoms with E-state index in [1.807, 2.05) is 12.1 Å². The van der Waals surface area contributed by atoms with Crippen molar-refractivity contribution in [1.29, 1.82) is 0 Å². The van der Waals surface area contributed by atoms with Gasteiger partial charge >= 0.3 is 0 Å². The molecule has 2 aromatic rings. The van der Waals surface area contributed by atoms with E-state index in [0.717, 1.165) is 4.47 Å². The van der Waals surface area contributed by atoms with Gasteiger partial charge in [0.2, 0.25) is 5.78 Å². The van der Waals surface area contributed by atoms with Crippen molar-refractivity contribution >= 4 is 44.7 Å². The van der Waals surface area contributed by atoms with E-state index in [4.69, 9.17) is 11.6 Å². The first-order valence-corrected chi connectivity index (χ1v) is 6.21. The molecule has 0 N–H and O–H groups in total. The van der Waals surface area contributed by atoms with Gasteiger partial charge in [-0.05, 0) is 36.4 Å². The highest BCUT2D eigenvalue weighted by Crippen LogP contribution is 2.24. The zero-order valence-corrected chi connectivity index (χ0v) is 10.7. The van der Waals surface area contributed by atoms with Gasteiger partial charge in [-0.2, -0.15) is 0 Å². The van der Waals surface area contributed by atoms with Crippen LogP contribution in [0.25, 0.3) is 0 Å². The molecule has 1 aromatic heterocycles. The van der Waals surface area contributed by atoms with Crippen LogP contribution < -0.4 is 0 Å². The van der Waals surface area contributed by atoms with Crippen molar-refractivity contribution in [3.8, 4) is 0 Å². The number of halogens is 2. The monoisotopic (exact) mass is 300 g/mol. The lowest BCUT2D eigenvalue weighted by atomic mass is 10.1. The van der Waals surface area contributed by atoms with Gasteiger partial charge in [0, 0.05) is 10.0 Å². The second-order valence-electron chi connectivity index (χ2n) is 2.94. The fraction of sp³-hybridized carbons (Fsp3) is 0. The first-order chi connectivity index (χ1) is 7.16. The van der Waals surface area contributed by atoms with E-state index in [9.17, 15) is 4.79 Å². The molecule has 1 nitrogen and oxygen atoms in total. The number of carbonyl (C=O) groups is 1. The van der Waals surface area contributed by atoms with Gasteiger partial charge in [-0.25, -0.2) is 0 Å². The summed E-state index contributed by atoms with van der Waals surface area (Å²) >= 11 is 10.4. The third kappa shape index (κ3) is 2.48. The summed E-state index contributed by atoms with van der Waals surface area (Å²) in [7, 11) is 0. The predicted molar refractivity (Wildman–Crippen MR) is 66.9 cm³/mol. The quantitative estimate of drug-likeness (QED) is 0.752. The number of hydrogen-bond donors (Lipinski definition) is 0. The standard InChI is InChI=1S/C11H6BrClOS/c12-8-3-1-7(2-4-8)11(14)9-5-6-10(13)15-9/h1-6H. The summed E-state index contributed by atoms with van der Waals surface area (Å²) in [4.78, 5) is 12.6. The molecule has 0 aliphatic heterocycles. The summed E-state index contributed by atoms with van der Waals surface area (Å²) in [6.07, 6.45) is 0. The van der Waals surface area contributed by atoms with Crippen molar-refractivity contribution in [3.05, 3.63) is 55.6 Å². The van der Waals surface area contributed by atoms with Crippen molar-refractivity contribution in [3.63, 3.8) is 0 Å². The van der Waals surface area contributed by atoms with Crippen molar-refractivity contribution in [2.45, 2.75) is 0 Å². The topological polar surface area (TPSA) is 17.1 Å². The normalized spacial score (nSPS) is 10.3. The van der Waals surface area contributed by atoms with Gasteiger partial charge < -0.3 is 0 Å². The molecule has 0 unspecified atom stereocenters. The molecule has 0 saturated heterocycles. The van der Waals surface area contributed by atoms with E-state index in [2.05, 4.69) is 15.9 Å². The Morgan fingerprint density at radius 2 is 1.80 bits per heavy atom. The summed E-state index contributed by atoms with van der Waals surface area (Å²) in [5, 5.41) is 0. The van der Waals surface area contributed by atoms with E-state index < -0.39 is 0 Å². The minimum absolute atomic E-state index is 0.0133. The fourth-order valence-electron chi connectivity index (χ4n) is 1.18. The van der Waals surface area contributed by atoms with Crippen molar-refractivity contribution in [2.75, 3.05) is 0 Å². The second-order valence-corrected chi connectivity index (χ2v) is 5.57. The lowest BCUT2D eigenvalue weighted by molar-refractivity contribution is 0.104. The molecule has 1 aromatic carbocycles. The van der Waals surface area contributed by atoms with Crippen molar-refractivity contribution < 1.29 is 4.79 Å². The van der Waals surface area contributed by atoms with E-state index in [1.165, 1.54) is 11.3 Å². The minimum atomic E-state index is 0.0133. The molecule has 0 fully saturated rings. The molecule has 1 heterocycles. The maximum Gasteiger partial charge on any atom is 0.202 e. The van der Waals surface area contributed by atoms with E-state index in [-0.39, 0.29) is 5.78 Å². The third-order valence-corrected chi connectivity index (χ3v) is 3.66. The number of carbonyl (C=O) groups excluding carboxylic acids is 1. The Kier molecular flexibility index (Phi) is 3.24. The van der Waals surface area contributed by atoms with Crippen LogP contribution in [-0.2, 0) is 0 Å². The maximum atomic E-state index is 11.9. The SMILES string of the molecule is O=C(c1ccc(Br)cc1)c1ccc(Cl)s1. The van der Waals surface area contributed by atoms with Gasteiger partial charge in [0.1, 0.15) is 0 Å². The number of benzene rings is 1. The highest BCUT2D eigenvalue weighted by molar-refractivity contribution is 9.10. The Bertz CT molecular complexity index is 490. The van der Waals surface area contributed by atoms with Crippen LogP contribution in [0.3, 0.4) is 0 Å². The number of thiophene rings is 1. The van der Waals surface area contributed by atoms with Crippen LogP contribution in [0.1, 0.15) is 15.2 Å². The lowest BCUT2D eigenvalue weighted by Crippen LogP contribution is -1.97. The molecular weight excluding hydrogens is 296 g/mol. The zero-order valence-electron chi connectivity index (χ0n) is 7.54. The third-order valence-electron chi connectivity index (χ3n) is 1.90. The fourth-order valence-corrected chi connectivity index (χ4v) is 2.45. The van der Waals surface area contributed by atoms with Gasteiger partial charge in [-0.3, -0.25) is 4.79 Å². The average Bonchev–Trinajstić information content (AvgIpc) is 2.65. The van der Waals surface area contributed by atoms with Crippen LogP contribution >= 0.6 is 38.9 Å². The zero-order chi connectivity index (χ0) is 10.8. The Labute approximate surface area is 105 Å². The lowest BCUT2D eigenvalue weighted by Gasteiger charge is -1.97. The summed E-state index contributed by atoms with van der Waals surface area (Å²) in [6, 6.07) is 10.8. The van der Waals surface area contributed by atoms with Crippen LogP contribution in [0, 0.1) is 0 Å². The number of ketones is 1. The summed E-state index contributed by atoms with van der Waals surface area (Å²) in [5.74, 6) is 0.0133. The summed E-state index contributed by atoms with van der Waals surface area (Å²) in [5.41, 5.74) is 0.678. The Morgan fingerprint density at radius 1 is 1.13 bits per heavy atom. The molecule has 15 heavy (non-hydrogen) atoms. The number of rotatable bonds is 2. The molecule has 0 radical (unpaired) electrons. The summed E-state index contributed by atoms with van der Waals surface area (Å²) in [6.45, 7) is 0. The van der Waals surface area contributed by atoms with Gasteiger partial charge in [0.05, 0.1) is 9.21 Å². The highest BCUT2D eigenvalue weighted by Gasteiger charge is 2.10. The molecule has 4 heteroatoms. The van der Waals surface area contributed by atoms with Crippen molar-refractivity contribution in [2.24, 2.45) is 0 Å². The smallest absolute Gasteiger partial charge is 0.202 e. The van der Waals surface area contributed by atoms with Crippen LogP contribution in [0.15, 0.2) is 40.9 Å². The molecule has 0 saturated carbocycles. The Balaban J connectivity index is 2.32. The molecular formula is C11H6BrClOS. The molecule has 0 bridgehead atoms. The van der Waals surface area contributed by atoms with Gasteiger partial charge in [-0.15, -0.1) is 11.3 Å². The molecule has 0 atom stereocenters. The minimum Gasteiger partial charge on any atom is -0.288 e. The average molecular weight is 302 g/mol. The van der Waals surface area contributed by atoms with E-state index in [1.54, 1.807) is 24.3 Å². The number of hydrogen-bond acceptors (Lipinski definition) is 2. The molecule has 76 valence electrons. The van der Waals surface area contributed by atoms with Gasteiger partial charge in [0.25, 0.3) is 0 Å². The largest absolute Gasteiger partial charge is 0.288 e. The molecule has 2 rings (SSSR count). The van der Waals surface area contributed by atoms with Gasteiger partial charge in [0.15, 0.2) is 0 Å². The van der Waals surface area contributed by atoms with Crippen LogP contribution in [0.2, 0.25) is 4.34 Å². The molecule has 0 aliphatic rings. The van der Waals surface area contributed by atoms with Crippen LogP contribution in [0.4, 0.5) is 0 Å². The Hall–Kier alpha value is -0.640. The first-order valence-electron chi connectivity index (χ1n) is 4.22. The van der Waals surface area contributed by atoms with Gasteiger partial charge in [-0.1, -0.05) is 27.5 Å². The second kappa shape index (κ2) is 4.47. The van der Waals surface area contributed by atoms with E-state index in [0.29, 0.717) is 14.8 Å². The summed E-state index contributed by atoms with van der Waals surface area (Å²) < 4.78 is 1.60.